The first-order valence-corrected chi connectivity index (χ1v) is 10.7. The highest BCUT2D eigenvalue weighted by Gasteiger charge is 2.26. The van der Waals surface area contributed by atoms with Gasteiger partial charge in [0.15, 0.2) is 0 Å². The van der Waals surface area contributed by atoms with Gasteiger partial charge in [-0.1, -0.05) is 48.5 Å². The standard InChI is InChI=1S/C26H26N2O2/c29-26(23-9-5-6-20(18-23)19-27-14-16-30-17-15-27)28-24-10-3-1-7-21(24)12-13-22-8-2-4-11-25(22)28/h1-11,18H,12-17,19H2. The van der Waals surface area contributed by atoms with Gasteiger partial charge in [0, 0.05) is 25.2 Å². The number of carbonyl (C=O) groups excluding carboxylic acids is 1. The van der Waals surface area contributed by atoms with Crippen LogP contribution in [0.2, 0.25) is 0 Å². The lowest BCUT2D eigenvalue weighted by atomic mass is 10.0. The summed E-state index contributed by atoms with van der Waals surface area (Å²) in [6.45, 7) is 4.27. The molecule has 0 N–H and O–H groups in total. The van der Waals surface area contributed by atoms with Gasteiger partial charge < -0.3 is 4.74 Å². The Labute approximate surface area is 177 Å². The second-order valence-corrected chi connectivity index (χ2v) is 7.99. The lowest BCUT2D eigenvalue weighted by Crippen LogP contribution is -2.35. The molecule has 2 aliphatic rings. The summed E-state index contributed by atoms with van der Waals surface area (Å²) < 4.78 is 5.45. The second kappa shape index (κ2) is 8.42. The molecular weight excluding hydrogens is 372 g/mol. The fraction of sp³-hybridized carbons (Fsp3) is 0.269. The number of para-hydroxylation sites is 2. The Morgan fingerprint density at radius 1 is 0.800 bits per heavy atom. The van der Waals surface area contributed by atoms with Crippen LogP contribution in [0.1, 0.15) is 27.0 Å². The molecule has 152 valence electrons. The Morgan fingerprint density at radius 2 is 1.43 bits per heavy atom. The predicted octanol–water partition coefficient (Wildman–Crippen LogP) is 4.60. The smallest absolute Gasteiger partial charge is 0.262 e. The summed E-state index contributed by atoms with van der Waals surface area (Å²) in [5.41, 5.74) is 6.31. The summed E-state index contributed by atoms with van der Waals surface area (Å²) in [7, 11) is 0. The largest absolute Gasteiger partial charge is 0.379 e. The van der Waals surface area contributed by atoms with E-state index in [0.29, 0.717) is 0 Å². The van der Waals surface area contributed by atoms with Crippen molar-refractivity contribution in [3.63, 3.8) is 0 Å². The number of ether oxygens (including phenoxy) is 1. The number of hydrogen-bond acceptors (Lipinski definition) is 3. The third kappa shape index (κ3) is 3.76. The zero-order valence-electron chi connectivity index (χ0n) is 17.1. The van der Waals surface area contributed by atoms with E-state index in [2.05, 4.69) is 47.4 Å². The first-order valence-electron chi connectivity index (χ1n) is 10.7. The van der Waals surface area contributed by atoms with Crippen LogP contribution in [0.5, 0.6) is 0 Å². The van der Waals surface area contributed by atoms with E-state index in [1.807, 2.05) is 35.2 Å². The van der Waals surface area contributed by atoms with Gasteiger partial charge in [0.2, 0.25) is 0 Å². The van der Waals surface area contributed by atoms with E-state index in [1.165, 1.54) is 16.7 Å². The number of carbonyl (C=O) groups is 1. The maximum absolute atomic E-state index is 13.8. The van der Waals surface area contributed by atoms with Crippen molar-refractivity contribution in [3.8, 4) is 0 Å². The van der Waals surface area contributed by atoms with Crippen molar-refractivity contribution in [2.45, 2.75) is 19.4 Å². The Hall–Kier alpha value is -2.95. The van der Waals surface area contributed by atoms with Gasteiger partial charge in [-0.15, -0.1) is 0 Å². The van der Waals surface area contributed by atoms with Crippen LogP contribution in [0, 0.1) is 0 Å². The number of amides is 1. The lowest BCUT2D eigenvalue weighted by Gasteiger charge is -2.27. The van der Waals surface area contributed by atoms with Crippen LogP contribution in [0.25, 0.3) is 0 Å². The van der Waals surface area contributed by atoms with Gasteiger partial charge in [0.05, 0.1) is 24.6 Å². The number of nitrogens with zero attached hydrogens (tertiary/aromatic N) is 2. The van der Waals surface area contributed by atoms with Crippen LogP contribution in [0.3, 0.4) is 0 Å². The van der Waals surface area contributed by atoms with E-state index in [4.69, 9.17) is 4.74 Å². The van der Waals surface area contributed by atoms with Crippen LogP contribution in [-0.2, 0) is 24.1 Å². The van der Waals surface area contributed by atoms with Gasteiger partial charge in [0.25, 0.3) is 5.91 Å². The van der Waals surface area contributed by atoms with Gasteiger partial charge in [-0.25, -0.2) is 0 Å². The van der Waals surface area contributed by atoms with Crippen molar-refractivity contribution in [1.29, 1.82) is 0 Å². The maximum Gasteiger partial charge on any atom is 0.262 e. The van der Waals surface area contributed by atoms with E-state index in [-0.39, 0.29) is 5.91 Å². The van der Waals surface area contributed by atoms with Crippen LogP contribution >= 0.6 is 0 Å². The highest BCUT2D eigenvalue weighted by Crippen LogP contribution is 2.37. The molecule has 0 aromatic heterocycles. The van der Waals surface area contributed by atoms with Crippen molar-refractivity contribution in [3.05, 3.63) is 95.1 Å². The summed E-state index contributed by atoms with van der Waals surface area (Å²) in [5.74, 6) is 0.0284. The van der Waals surface area contributed by atoms with Crippen molar-refractivity contribution in [2.24, 2.45) is 0 Å². The summed E-state index contributed by atoms with van der Waals surface area (Å²) in [4.78, 5) is 18.1. The molecule has 1 saturated heterocycles. The van der Waals surface area contributed by atoms with E-state index in [0.717, 1.165) is 62.6 Å². The fourth-order valence-corrected chi connectivity index (χ4v) is 4.45. The molecule has 1 amide bonds. The quantitative estimate of drug-likeness (QED) is 0.647. The monoisotopic (exact) mass is 398 g/mol. The van der Waals surface area contributed by atoms with Crippen molar-refractivity contribution in [2.75, 3.05) is 31.2 Å². The average Bonchev–Trinajstić information content (AvgIpc) is 2.96. The van der Waals surface area contributed by atoms with Gasteiger partial charge in [0.1, 0.15) is 0 Å². The molecule has 30 heavy (non-hydrogen) atoms. The molecule has 0 unspecified atom stereocenters. The number of fused-ring (bicyclic) bond motifs is 2. The normalized spacial score (nSPS) is 16.5. The Balaban J connectivity index is 1.51. The molecule has 0 bridgehead atoms. The topological polar surface area (TPSA) is 32.8 Å². The molecule has 3 aromatic rings. The molecule has 3 aromatic carbocycles. The van der Waals surface area contributed by atoms with Crippen molar-refractivity contribution < 1.29 is 9.53 Å². The third-order valence-corrected chi connectivity index (χ3v) is 6.02. The molecular formula is C26H26N2O2. The minimum Gasteiger partial charge on any atom is -0.379 e. The highest BCUT2D eigenvalue weighted by molar-refractivity contribution is 6.12. The van der Waals surface area contributed by atoms with Crippen LogP contribution in [0.4, 0.5) is 11.4 Å². The van der Waals surface area contributed by atoms with E-state index in [1.54, 1.807) is 0 Å². The predicted molar refractivity (Wildman–Crippen MR) is 119 cm³/mol. The lowest BCUT2D eigenvalue weighted by molar-refractivity contribution is 0.0342. The van der Waals surface area contributed by atoms with Crippen molar-refractivity contribution >= 4 is 17.3 Å². The molecule has 5 rings (SSSR count). The SMILES string of the molecule is O=C(c1cccc(CN2CCOCC2)c1)N1c2ccccc2CCc2ccccc21. The van der Waals surface area contributed by atoms with Crippen LogP contribution in [0.15, 0.2) is 72.8 Å². The highest BCUT2D eigenvalue weighted by atomic mass is 16.5. The molecule has 4 nitrogen and oxygen atoms in total. The van der Waals surface area contributed by atoms with Gasteiger partial charge in [-0.2, -0.15) is 0 Å². The maximum atomic E-state index is 13.8. The average molecular weight is 399 g/mol. The Kier molecular flexibility index (Phi) is 5.35. The first kappa shape index (κ1) is 19.0. The minimum atomic E-state index is 0.0284. The molecule has 0 radical (unpaired) electrons. The van der Waals surface area contributed by atoms with Crippen molar-refractivity contribution in [1.82, 2.24) is 4.90 Å². The number of benzene rings is 3. The molecule has 0 atom stereocenters. The number of rotatable bonds is 3. The number of hydrogen-bond donors (Lipinski definition) is 0. The fourth-order valence-electron chi connectivity index (χ4n) is 4.45. The molecule has 0 saturated carbocycles. The minimum absolute atomic E-state index is 0.0284. The number of aryl methyl sites for hydroxylation is 2. The van der Waals surface area contributed by atoms with Crippen LogP contribution < -0.4 is 4.90 Å². The molecule has 2 aliphatic heterocycles. The zero-order valence-corrected chi connectivity index (χ0v) is 17.1. The van der Waals surface area contributed by atoms with E-state index >= 15 is 0 Å². The van der Waals surface area contributed by atoms with Gasteiger partial charge in [-0.3, -0.25) is 14.6 Å². The Morgan fingerprint density at radius 3 is 2.10 bits per heavy atom. The summed E-state index contributed by atoms with van der Waals surface area (Å²) in [6.07, 6.45) is 1.88. The molecule has 4 heteroatoms. The second-order valence-electron chi connectivity index (χ2n) is 7.99. The number of morpholine rings is 1. The molecule has 1 fully saturated rings. The summed E-state index contributed by atoms with van der Waals surface area (Å²) >= 11 is 0. The third-order valence-electron chi connectivity index (χ3n) is 6.02. The first-order chi connectivity index (χ1) is 14.8. The molecule has 2 heterocycles. The van der Waals surface area contributed by atoms with Crippen LogP contribution in [-0.4, -0.2) is 37.1 Å². The summed E-state index contributed by atoms with van der Waals surface area (Å²) in [6, 6.07) is 24.6. The molecule has 0 aliphatic carbocycles. The molecule has 0 spiro atoms. The zero-order chi connectivity index (χ0) is 20.3. The van der Waals surface area contributed by atoms with Gasteiger partial charge >= 0.3 is 0 Å². The Bertz CT molecular complexity index is 1010. The van der Waals surface area contributed by atoms with E-state index < -0.39 is 0 Å². The van der Waals surface area contributed by atoms with Gasteiger partial charge in [-0.05, 0) is 53.8 Å². The number of anilines is 2. The summed E-state index contributed by atoms with van der Waals surface area (Å²) in [5, 5.41) is 0. The van der Waals surface area contributed by atoms with E-state index in [9.17, 15) is 4.79 Å².